The van der Waals surface area contributed by atoms with Crippen LogP contribution in [0.15, 0.2) is 47.4 Å². The third-order valence-corrected chi connectivity index (χ3v) is 3.97. The van der Waals surface area contributed by atoms with E-state index in [1.165, 1.54) is 22.8 Å². The molecule has 0 amide bonds. The van der Waals surface area contributed by atoms with Crippen LogP contribution in [-0.2, 0) is 7.05 Å². The van der Waals surface area contributed by atoms with Crippen molar-refractivity contribution < 1.29 is 22.6 Å². The van der Waals surface area contributed by atoms with Gasteiger partial charge in [-0.25, -0.2) is 13.2 Å². The normalized spacial score (nSPS) is 10.8. The van der Waals surface area contributed by atoms with Crippen molar-refractivity contribution in [3.05, 3.63) is 70.4 Å². The standard InChI is InChI=1S/C20H17F3N2O3/c1-3-27-18-9-19(26)25(2)10-14(18)13-6-11(24)4-5-17(13)28-12-7-15(21)20(23)16(22)8-12/h4-10H,3,24H2,1-2H3. The number of nitrogen functional groups attached to an aromatic ring is 1. The van der Waals surface area contributed by atoms with Gasteiger partial charge in [-0.15, -0.1) is 0 Å². The third kappa shape index (κ3) is 3.80. The van der Waals surface area contributed by atoms with Crippen LogP contribution in [0, 0.1) is 17.5 Å². The zero-order valence-electron chi connectivity index (χ0n) is 15.1. The van der Waals surface area contributed by atoms with Crippen molar-refractivity contribution in [1.82, 2.24) is 4.57 Å². The van der Waals surface area contributed by atoms with E-state index in [9.17, 15) is 18.0 Å². The fourth-order valence-electron chi connectivity index (χ4n) is 2.66. The summed E-state index contributed by atoms with van der Waals surface area (Å²) in [5.41, 5.74) is 6.93. The lowest BCUT2D eigenvalue weighted by atomic mass is 10.0. The summed E-state index contributed by atoms with van der Waals surface area (Å²) in [6.07, 6.45) is 1.54. The van der Waals surface area contributed by atoms with Crippen molar-refractivity contribution >= 4 is 5.69 Å². The quantitative estimate of drug-likeness (QED) is 0.523. The topological polar surface area (TPSA) is 66.5 Å². The number of rotatable bonds is 5. The van der Waals surface area contributed by atoms with Gasteiger partial charge < -0.3 is 19.8 Å². The van der Waals surface area contributed by atoms with Gasteiger partial charge in [-0.3, -0.25) is 4.79 Å². The van der Waals surface area contributed by atoms with Crippen LogP contribution in [0.25, 0.3) is 11.1 Å². The molecule has 146 valence electrons. The molecule has 2 aromatic carbocycles. The first-order chi connectivity index (χ1) is 13.3. The van der Waals surface area contributed by atoms with Crippen LogP contribution in [-0.4, -0.2) is 11.2 Å². The van der Waals surface area contributed by atoms with Crippen molar-refractivity contribution in [1.29, 1.82) is 0 Å². The fourth-order valence-corrected chi connectivity index (χ4v) is 2.66. The highest BCUT2D eigenvalue weighted by molar-refractivity contribution is 5.78. The van der Waals surface area contributed by atoms with Crippen LogP contribution >= 0.6 is 0 Å². The van der Waals surface area contributed by atoms with Gasteiger partial charge in [-0.2, -0.15) is 0 Å². The molecule has 0 saturated heterocycles. The number of nitrogens with zero attached hydrogens (tertiary/aromatic N) is 1. The molecule has 3 rings (SSSR count). The van der Waals surface area contributed by atoms with E-state index in [-0.39, 0.29) is 17.1 Å². The lowest BCUT2D eigenvalue weighted by Gasteiger charge is -2.16. The van der Waals surface area contributed by atoms with E-state index in [4.69, 9.17) is 15.2 Å². The zero-order valence-corrected chi connectivity index (χ0v) is 15.1. The van der Waals surface area contributed by atoms with E-state index in [1.807, 2.05) is 0 Å². The summed E-state index contributed by atoms with van der Waals surface area (Å²) in [6.45, 7) is 2.08. The summed E-state index contributed by atoms with van der Waals surface area (Å²) < 4.78 is 52.7. The number of nitrogens with two attached hydrogens (primary N) is 1. The van der Waals surface area contributed by atoms with Gasteiger partial charge in [0.2, 0.25) is 0 Å². The second kappa shape index (κ2) is 7.67. The van der Waals surface area contributed by atoms with Crippen LogP contribution in [0.5, 0.6) is 17.2 Å². The van der Waals surface area contributed by atoms with Gasteiger partial charge in [-0.1, -0.05) is 0 Å². The van der Waals surface area contributed by atoms with Gasteiger partial charge in [0, 0.05) is 48.3 Å². The Bertz CT molecular complexity index is 1070. The smallest absolute Gasteiger partial charge is 0.254 e. The maximum Gasteiger partial charge on any atom is 0.254 e. The Morgan fingerprint density at radius 3 is 2.32 bits per heavy atom. The molecule has 8 heteroatoms. The lowest BCUT2D eigenvalue weighted by Crippen LogP contribution is -2.16. The minimum atomic E-state index is -1.58. The number of anilines is 1. The Kier molecular flexibility index (Phi) is 5.30. The molecular weight excluding hydrogens is 373 g/mol. The summed E-state index contributed by atoms with van der Waals surface area (Å²) in [7, 11) is 1.57. The van der Waals surface area contributed by atoms with Gasteiger partial charge in [0.05, 0.1) is 6.61 Å². The maximum atomic E-state index is 13.5. The molecule has 0 atom stereocenters. The molecule has 0 aliphatic carbocycles. The average Bonchev–Trinajstić information content (AvgIpc) is 2.64. The Hall–Kier alpha value is -3.42. The van der Waals surface area contributed by atoms with Crippen molar-refractivity contribution in [2.45, 2.75) is 6.92 Å². The van der Waals surface area contributed by atoms with E-state index in [0.717, 1.165) is 12.1 Å². The van der Waals surface area contributed by atoms with Crippen molar-refractivity contribution in [2.24, 2.45) is 7.05 Å². The number of aromatic nitrogens is 1. The highest BCUT2D eigenvalue weighted by atomic mass is 19.2. The monoisotopic (exact) mass is 390 g/mol. The first kappa shape index (κ1) is 19.3. The summed E-state index contributed by atoms with van der Waals surface area (Å²) in [4.78, 5) is 12.0. The fraction of sp³-hybridized carbons (Fsp3) is 0.150. The average molecular weight is 390 g/mol. The van der Waals surface area contributed by atoms with Gasteiger partial charge in [0.15, 0.2) is 17.5 Å². The zero-order chi connectivity index (χ0) is 20.4. The molecular formula is C20H17F3N2O3. The third-order valence-electron chi connectivity index (χ3n) is 3.97. The van der Waals surface area contributed by atoms with Crippen molar-refractivity contribution in [3.63, 3.8) is 0 Å². The first-order valence-corrected chi connectivity index (χ1v) is 8.36. The number of halogens is 3. The van der Waals surface area contributed by atoms with E-state index >= 15 is 0 Å². The van der Waals surface area contributed by atoms with Crippen molar-refractivity contribution in [2.75, 3.05) is 12.3 Å². The largest absolute Gasteiger partial charge is 0.493 e. The molecule has 5 nitrogen and oxygen atoms in total. The Morgan fingerprint density at radius 1 is 1.00 bits per heavy atom. The van der Waals surface area contributed by atoms with Gasteiger partial charge in [0.25, 0.3) is 5.56 Å². The van der Waals surface area contributed by atoms with Gasteiger partial charge >= 0.3 is 0 Å². The van der Waals surface area contributed by atoms with E-state index in [1.54, 1.807) is 26.2 Å². The molecule has 0 radical (unpaired) electrons. The molecule has 1 aromatic heterocycles. The summed E-state index contributed by atoms with van der Waals surface area (Å²) in [5.74, 6) is -4.06. The Labute approximate surface area is 158 Å². The van der Waals surface area contributed by atoms with E-state index in [2.05, 4.69) is 0 Å². The molecule has 0 spiro atoms. The minimum absolute atomic E-state index is 0.194. The van der Waals surface area contributed by atoms with Crippen LogP contribution in [0.2, 0.25) is 0 Å². The van der Waals surface area contributed by atoms with Gasteiger partial charge in [0.1, 0.15) is 17.2 Å². The van der Waals surface area contributed by atoms with E-state index in [0.29, 0.717) is 29.2 Å². The van der Waals surface area contributed by atoms with E-state index < -0.39 is 17.5 Å². The van der Waals surface area contributed by atoms with Crippen LogP contribution in [0.3, 0.4) is 0 Å². The molecule has 0 saturated carbocycles. The number of aryl methyl sites for hydroxylation is 1. The molecule has 0 bridgehead atoms. The van der Waals surface area contributed by atoms with Gasteiger partial charge in [-0.05, 0) is 25.1 Å². The molecule has 0 unspecified atom stereocenters. The second-order valence-electron chi connectivity index (χ2n) is 5.99. The van der Waals surface area contributed by atoms with Crippen LogP contribution in [0.1, 0.15) is 6.92 Å². The molecule has 1 heterocycles. The lowest BCUT2D eigenvalue weighted by molar-refractivity contribution is 0.340. The predicted octanol–water partition coefficient (Wildman–Crippen LogP) is 4.24. The first-order valence-electron chi connectivity index (χ1n) is 8.36. The molecule has 3 aromatic rings. The highest BCUT2D eigenvalue weighted by Gasteiger charge is 2.17. The molecule has 2 N–H and O–H groups in total. The Balaban J connectivity index is 2.15. The van der Waals surface area contributed by atoms with Crippen LogP contribution < -0.4 is 20.8 Å². The second-order valence-corrected chi connectivity index (χ2v) is 5.99. The minimum Gasteiger partial charge on any atom is -0.493 e. The molecule has 0 aliphatic rings. The highest BCUT2D eigenvalue weighted by Crippen LogP contribution is 2.39. The number of hydrogen-bond donors (Lipinski definition) is 1. The number of benzene rings is 2. The molecule has 0 aliphatic heterocycles. The molecule has 28 heavy (non-hydrogen) atoms. The number of ether oxygens (including phenoxy) is 2. The molecule has 0 fully saturated rings. The summed E-state index contributed by atoms with van der Waals surface area (Å²) >= 11 is 0. The summed E-state index contributed by atoms with van der Waals surface area (Å²) in [6, 6.07) is 7.42. The van der Waals surface area contributed by atoms with Crippen LogP contribution in [0.4, 0.5) is 18.9 Å². The van der Waals surface area contributed by atoms with Crippen molar-refractivity contribution in [3.8, 4) is 28.4 Å². The Morgan fingerprint density at radius 2 is 1.68 bits per heavy atom. The summed E-state index contributed by atoms with van der Waals surface area (Å²) in [5, 5.41) is 0. The maximum absolute atomic E-state index is 13.5. The number of hydrogen-bond acceptors (Lipinski definition) is 4. The SMILES string of the molecule is CCOc1cc(=O)n(C)cc1-c1cc(N)ccc1Oc1cc(F)c(F)c(F)c1. The number of pyridine rings is 1. The predicted molar refractivity (Wildman–Crippen MR) is 99.1 cm³/mol.